The van der Waals surface area contributed by atoms with Gasteiger partial charge in [0.25, 0.3) is 6.40 Å². The van der Waals surface area contributed by atoms with Gasteiger partial charge in [-0.25, -0.2) is 4.99 Å². The van der Waals surface area contributed by atoms with E-state index in [2.05, 4.69) is 16.1 Å². The van der Waals surface area contributed by atoms with Crippen LogP contribution in [0.1, 0.15) is 0 Å². The first kappa shape index (κ1) is 3.93. The predicted octanol–water partition coefficient (Wildman–Crippen LogP) is 0.649. The Balaban J connectivity index is 2.38. The largest absolute Gasteiger partial charge is 0.463 e. The third kappa shape index (κ3) is 0.627. The third-order valence-electron chi connectivity index (χ3n) is 0.409. The highest BCUT2D eigenvalue weighted by molar-refractivity contribution is 6.21. The Morgan fingerprint density at radius 1 is 2.00 bits per heavy atom. The molecule has 2 nitrogen and oxygen atoms in total. The lowest BCUT2D eigenvalue weighted by Gasteiger charge is -1.83. The van der Waals surface area contributed by atoms with Crippen molar-refractivity contribution in [1.82, 2.24) is 0 Å². The Hall–Kier alpha value is -0.240. The molecular formula is C3H2ClNO. The quantitative estimate of drug-likeness (QED) is 0.326. The molecule has 0 spiro atoms. The smallest absolute Gasteiger partial charge is 0.275 e. The summed E-state index contributed by atoms with van der Waals surface area (Å²) in [6.07, 6.45) is 2.21. The van der Waals surface area contributed by atoms with Crippen molar-refractivity contribution >= 4 is 18.0 Å². The van der Waals surface area contributed by atoms with E-state index < -0.39 is 0 Å². The molecule has 0 fully saturated rings. The summed E-state index contributed by atoms with van der Waals surface area (Å²) in [7, 11) is 0. The highest BCUT2D eigenvalue weighted by atomic mass is 35.5. The van der Waals surface area contributed by atoms with E-state index in [1.807, 2.05) is 0 Å². The van der Waals surface area contributed by atoms with Crippen molar-refractivity contribution in [2.45, 2.75) is 5.50 Å². The summed E-state index contributed by atoms with van der Waals surface area (Å²) >= 11 is 5.30. The Morgan fingerprint density at radius 3 is 3.00 bits per heavy atom. The number of alkyl halides is 1. The molecule has 2 radical (unpaired) electrons. The zero-order valence-corrected chi connectivity index (χ0v) is 3.64. The van der Waals surface area contributed by atoms with Crippen LogP contribution in [-0.4, -0.2) is 11.9 Å². The first-order valence-electron chi connectivity index (χ1n) is 1.47. The summed E-state index contributed by atoms with van der Waals surface area (Å²) in [4.78, 5) is 3.47. The van der Waals surface area contributed by atoms with Gasteiger partial charge in [-0.05, 0) is 0 Å². The lowest BCUT2D eigenvalue weighted by Crippen LogP contribution is -1.84. The highest BCUT2D eigenvalue weighted by Crippen LogP contribution is 2.06. The van der Waals surface area contributed by atoms with Crippen LogP contribution in [0.4, 0.5) is 0 Å². The molecule has 1 rings (SSSR count). The summed E-state index contributed by atoms with van der Waals surface area (Å²) in [6, 6.07) is 0. The molecule has 0 saturated heterocycles. The summed E-state index contributed by atoms with van der Waals surface area (Å²) in [5.74, 6) is 0. The van der Waals surface area contributed by atoms with E-state index in [4.69, 9.17) is 11.6 Å². The lowest BCUT2D eigenvalue weighted by atomic mass is 10.7. The molecule has 32 valence electrons. The van der Waals surface area contributed by atoms with Crippen LogP contribution in [-0.2, 0) is 4.74 Å². The summed E-state index contributed by atoms with van der Waals surface area (Å²) in [5.41, 5.74) is -0.315. The molecule has 0 amide bonds. The number of nitrogens with zero attached hydrogens (tertiary/aromatic N) is 1. The number of halogens is 1. The maximum Gasteiger partial charge on any atom is 0.275 e. The van der Waals surface area contributed by atoms with Gasteiger partial charge in [0.1, 0.15) is 0 Å². The van der Waals surface area contributed by atoms with Gasteiger partial charge in [0.05, 0.1) is 0 Å². The second kappa shape index (κ2) is 1.47. The van der Waals surface area contributed by atoms with Gasteiger partial charge in [0, 0.05) is 0 Å². The van der Waals surface area contributed by atoms with Crippen molar-refractivity contribution in [3.8, 4) is 0 Å². The van der Waals surface area contributed by atoms with E-state index in [9.17, 15) is 0 Å². The van der Waals surface area contributed by atoms with E-state index in [0.717, 1.165) is 0 Å². The SMILES string of the molecule is ClC1[CH]O[C]=N1. The van der Waals surface area contributed by atoms with Crippen molar-refractivity contribution in [2.24, 2.45) is 4.99 Å². The zero-order valence-electron chi connectivity index (χ0n) is 2.89. The van der Waals surface area contributed by atoms with Crippen molar-refractivity contribution < 1.29 is 4.74 Å². The summed E-state index contributed by atoms with van der Waals surface area (Å²) in [5, 5.41) is 0. The normalized spacial score (nSPS) is 30.5. The molecular weight excluding hydrogens is 101 g/mol. The Morgan fingerprint density at radius 2 is 2.83 bits per heavy atom. The zero-order chi connectivity index (χ0) is 4.41. The van der Waals surface area contributed by atoms with Gasteiger partial charge in [0.15, 0.2) is 12.1 Å². The van der Waals surface area contributed by atoms with E-state index in [1.165, 1.54) is 6.61 Å². The van der Waals surface area contributed by atoms with Crippen molar-refractivity contribution in [3.05, 3.63) is 6.61 Å². The molecule has 0 aliphatic carbocycles. The molecule has 1 atom stereocenters. The Labute approximate surface area is 40.8 Å². The monoisotopic (exact) mass is 103 g/mol. The average Bonchev–Trinajstić information content (AvgIpc) is 1.86. The fourth-order valence-corrected chi connectivity index (χ4v) is 0.289. The van der Waals surface area contributed by atoms with Crippen molar-refractivity contribution in [2.75, 3.05) is 0 Å². The van der Waals surface area contributed by atoms with Gasteiger partial charge in [-0.2, -0.15) is 0 Å². The number of rotatable bonds is 0. The molecule has 1 aliphatic rings. The Kier molecular flexibility index (Phi) is 0.965. The molecule has 1 unspecified atom stereocenters. The third-order valence-corrected chi connectivity index (χ3v) is 0.610. The van der Waals surface area contributed by atoms with Gasteiger partial charge in [-0.1, -0.05) is 11.6 Å². The lowest BCUT2D eigenvalue weighted by molar-refractivity contribution is 0.436. The van der Waals surface area contributed by atoms with Crippen LogP contribution >= 0.6 is 11.6 Å². The van der Waals surface area contributed by atoms with Gasteiger partial charge >= 0.3 is 0 Å². The number of hydrogen-bond donors (Lipinski definition) is 0. The standard InChI is InChI=1S/C3H2ClNO/c4-3-1-6-2-5-3/h1,3H. The van der Waals surface area contributed by atoms with Gasteiger partial charge in [0.2, 0.25) is 0 Å². The Bertz CT molecular complexity index is 73.2. The molecule has 1 heterocycles. The first-order chi connectivity index (χ1) is 2.89. The molecule has 1 aliphatic heterocycles. The van der Waals surface area contributed by atoms with Crippen LogP contribution in [0.25, 0.3) is 0 Å². The second-order valence-corrected chi connectivity index (χ2v) is 1.29. The van der Waals surface area contributed by atoms with Crippen molar-refractivity contribution in [3.63, 3.8) is 0 Å². The van der Waals surface area contributed by atoms with Gasteiger partial charge in [-0.3, -0.25) is 0 Å². The van der Waals surface area contributed by atoms with E-state index in [-0.39, 0.29) is 5.50 Å². The maximum absolute atomic E-state index is 5.30. The van der Waals surface area contributed by atoms with E-state index >= 15 is 0 Å². The molecule has 0 saturated carbocycles. The maximum atomic E-state index is 5.30. The topological polar surface area (TPSA) is 21.6 Å². The summed E-state index contributed by atoms with van der Waals surface area (Å²) < 4.78 is 4.38. The number of hydrogen-bond acceptors (Lipinski definition) is 2. The van der Waals surface area contributed by atoms with Crippen LogP contribution < -0.4 is 0 Å². The minimum Gasteiger partial charge on any atom is -0.463 e. The van der Waals surface area contributed by atoms with Crippen LogP contribution in [0.2, 0.25) is 0 Å². The van der Waals surface area contributed by atoms with Crippen LogP contribution in [0.15, 0.2) is 4.99 Å². The van der Waals surface area contributed by atoms with E-state index in [0.29, 0.717) is 0 Å². The van der Waals surface area contributed by atoms with Gasteiger partial charge in [-0.15, -0.1) is 0 Å². The first-order valence-corrected chi connectivity index (χ1v) is 1.91. The van der Waals surface area contributed by atoms with Crippen molar-refractivity contribution in [1.29, 1.82) is 0 Å². The minimum atomic E-state index is -0.315. The van der Waals surface area contributed by atoms with E-state index in [1.54, 1.807) is 0 Å². The molecule has 0 aromatic carbocycles. The average molecular weight is 104 g/mol. The molecule has 0 bridgehead atoms. The highest BCUT2D eigenvalue weighted by Gasteiger charge is 2.06. The van der Waals surface area contributed by atoms with Gasteiger partial charge < -0.3 is 4.74 Å². The number of aliphatic imine (C=N–C) groups is 1. The fraction of sp³-hybridized carbons (Fsp3) is 0.333. The fourth-order valence-electron chi connectivity index (χ4n) is 0.198. The van der Waals surface area contributed by atoms with Crippen LogP contribution in [0.3, 0.4) is 0 Å². The molecule has 0 N–H and O–H groups in total. The molecule has 0 aromatic rings. The molecule has 3 heteroatoms. The summed E-state index contributed by atoms with van der Waals surface area (Å²) in [6.45, 7) is 1.39. The molecule has 0 aromatic heterocycles. The predicted molar refractivity (Wildman–Crippen MR) is 22.5 cm³/mol. The minimum absolute atomic E-state index is 0.315. The number of ether oxygens (including phenoxy) is 1. The second-order valence-electron chi connectivity index (χ2n) is 0.847. The van der Waals surface area contributed by atoms with Crippen LogP contribution in [0.5, 0.6) is 0 Å². The van der Waals surface area contributed by atoms with Crippen LogP contribution in [0, 0.1) is 6.61 Å². The molecule has 6 heavy (non-hydrogen) atoms.